The Balaban J connectivity index is 1.69. The minimum absolute atomic E-state index is 0.272. The van der Waals surface area contributed by atoms with Crippen molar-refractivity contribution in [2.75, 3.05) is 25.1 Å². The topological polar surface area (TPSA) is 72.1 Å². The van der Waals surface area contributed by atoms with Gasteiger partial charge in [0.1, 0.15) is 23.1 Å². The second kappa shape index (κ2) is 6.04. The van der Waals surface area contributed by atoms with Crippen LogP contribution in [0.3, 0.4) is 0 Å². The molecule has 0 saturated carbocycles. The molecular formula is C17H20N4O2. The van der Waals surface area contributed by atoms with E-state index in [-0.39, 0.29) is 6.10 Å². The number of H-pyrrole nitrogens is 1. The van der Waals surface area contributed by atoms with Gasteiger partial charge in [-0.1, -0.05) is 0 Å². The fraction of sp³-hybridized carbons (Fsp3) is 0.412. The highest BCUT2D eigenvalue weighted by molar-refractivity contribution is 6.08. The lowest BCUT2D eigenvalue weighted by atomic mass is 10.2. The summed E-state index contributed by atoms with van der Waals surface area (Å²) in [6, 6.07) is 6.01. The Bertz CT molecular complexity index is 824. The first-order valence-electron chi connectivity index (χ1n) is 8.10. The molecule has 4 rings (SSSR count). The zero-order valence-corrected chi connectivity index (χ0v) is 13.1. The lowest BCUT2D eigenvalue weighted by Crippen LogP contribution is -2.19. The molecule has 120 valence electrons. The predicted octanol–water partition coefficient (Wildman–Crippen LogP) is 3.10. The zero-order chi connectivity index (χ0) is 15.6. The van der Waals surface area contributed by atoms with E-state index in [0.29, 0.717) is 6.61 Å². The monoisotopic (exact) mass is 312 g/mol. The first kappa shape index (κ1) is 14.3. The van der Waals surface area contributed by atoms with Crippen molar-refractivity contribution in [3.8, 4) is 5.75 Å². The molecule has 6 heteroatoms. The third kappa shape index (κ3) is 2.70. The van der Waals surface area contributed by atoms with Gasteiger partial charge in [-0.3, -0.25) is 0 Å². The number of nitrogens with zero attached hydrogens (tertiary/aromatic N) is 2. The summed E-state index contributed by atoms with van der Waals surface area (Å²) in [5, 5.41) is 4.44. The minimum Gasteiger partial charge on any atom is -0.494 e. The molecule has 3 heterocycles. The normalized spacial score (nSPS) is 17.9. The molecular weight excluding hydrogens is 292 g/mol. The molecule has 1 aliphatic rings. The quantitative estimate of drug-likeness (QED) is 0.757. The first-order chi connectivity index (χ1) is 11.3. The number of benzene rings is 1. The van der Waals surface area contributed by atoms with Gasteiger partial charge in [-0.2, -0.15) is 0 Å². The van der Waals surface area contributed by atoms with Crippen LogP contribution in [-0.4, -0.2) is 40.8 Å². The summed E-state index contributed by atoms with van der Waals surface area (Å²) in [7, 11) is 0. The number of aromatic amines is 1. The van der Waals surface area contributed by atoms with Crippen LogP contribution in [0.15, 0.2) is 24.5 Å². The van der Waals surface area contributed by atoms with E-state index in [9.17, 15) is 0 Å². The maximum Gasteiger partial charge on any atom is 0.153 e. The van der Waals surface area contributed by atoms with Gasteiger partial charge in [-0.05, 0) is 38.0 Å². The van der Waals surface area contributed by atoms with E-state index in [4.69, 9.17) is 9.47 Å². The molecule has 2 aromatic heterocycles. The molecule has 0 radical (unpaired) electrons. The molecule has 23 heavy (non-hydrogen) atoms. The second-order valence-corrected chi connectivity index (χ2v) is 5.73. The van der Waals surface area contributed by atoms with Crippen LogP contribution in [0.1, 0.15) is 19.8 Å². The van der Waals surface area contributed by atoms with Gasteiger partial charge in [0.2, 0.25) is 0 Å². The Morgan fingerprint density at radius 2 is 2.35 bits per heavy atom. The van der Waals surface area contributed by atoms with Gasteiger partial charge in [0.25, 0.3) is 0 Å². The molecule has 0 amide bonds. The summed E-state index contributed by atoms with van der Waals surface area (Å²) in [4.78, 5) is 12.2. The van der Waals surface area contributed by atoms with Crippen LogP contribution in [-0.2, 0) is 4.74 Å². The fourth-order valence-corrected chi connectivity index (χ4v) is 3.08. The van der Waals surface area contributed by atoms with Crippen LogP contribution in [0.25, 0.3) is 21.9 Å². The summed E-state index contributed by atoms with van der Waals surface area (Å²) in [5.41, 5.74) is 2.87. The maximum absolute atomic E-state index is 5.66. The van der Waals surface area contributed by atoms with Crippen molar-refractivity contribution in [1.29, 1.82) is 0 Å². The number of hydrogen-bond acceptors (Lipinski definition) is 5. The summed E-state index contributed by atoms with van der Waals surface area (Å²) in [5.74, 6) is 1.67. The number of fused-ring (bicyclic) bond motifs is 3. The van der Waals surface area contributed by atoms with Crippen molar-refractivity contribution >= 4 is 27.8 Å². The van der Waals surface area contributed by atoms with Crippen LogP contribution in [0.5, 0.6) is 5.75 Å². The summed E-state index contributed by atoms with van der Waals surface area (Å²) >= 11 is 0. The van der Waals surface area contributed by atoms with E-state index >= 15 is 0 Å². The Hall–Kier alpha value is -2.34. The highest BCUT2D eigenvalue weighted by atomic mass is 16.5. The first-order valence-corrected chi connectivity index (χ1v) is 8.10. The number of anilines is 1. The molecule has 1 atom stereocenters. The van der Waals surface area contributed by atoms with Gasteiger partial charge >= 0.3 is 0 Å². The van der Waals surface area contributed by atoms with Crippen LogP contribution in [0.2, 0.25) is 0 Å². The fourth-order valence-electron chi connectivity index (χ4n) is 3.08. The summed E-state index contributed by atoms with van der Waals surface area (Å²) in [6.07, 6.45) is 4.11. The van der Waals surface area contributed by atoms with E-state index in [1.54, 1.807) is 6.33 Å². The van der Waals surface area contributed by atoms with Crippen LogP contribution in [0.4, 0.5) is 5.82 Å². The maximum atomic E-state index is 5.66. The average molecular weight is 312 g/mol. The minimum atomic E-state index is 0.272. The Morgan fingerprint density at radius 1 is 1.39 bits per heavy atom. The van der Waals surface area contributed by atoms with Gasteiger partial charge in [-0.15, -0.1) is 0 Å². The molecule has 1 aliphatic heterocycles. The Morgan fingerprint density at radius 3 is 3.17 bits per heavy atom. The number of ether oxygens (including phenoxy) is 2. The van der Waals surface area contributed by atoms with Gasteiger partial charge < -0.3 is 19.8 Å². The highest BCUT2D eigenvalue weighted by Gasteiger charge is 2.17. The van der Waals surface area contributed by atoms with Crippen LogP contribution >= 0.6 is 0 Å². The van der Waals surface area contributed by atoms with Gasteiger partial charge in [0.05, 0.1) is 12.7 Å². The lowest BCUT2D eigenvalue weighted by Gasteiger charge is -2.11. The molecule has 0 bridgehead atoms. The van der Waals surface area contributed by atoms with Crippen molar-refractivity contribution in [2.45, 2.75) is 25.9 Å². The highest BCUT2D eigenvalue weighted by Crippen LogP contribution is 2.30. The lowest BCUT2D eigenvalue weighted by molar-refractivity contribution is 0.120. The molecule has 1 saturated heterocycles. The third-order valence-corrected chi connectivity index (χ3v) is 4.19. The van der Waals surface area contributed by atoms with Gasteiger partial charge in [0, 0.05) is 24.1 Å². The smallest absolute Gasteiger partial charge is 0.153 e. The van der Waals surface area contributed by atoms with Crippen LogP contribution in [0, 0.1) is 0 Å². The molecule has 2 N–H and O–H groups in total. The van der Waals surface area contributed by atoms with E-state index in [2.05, 4.69) is 20.3 Å². The standard InChI is InChI=1S/C17H20N4O2/c1-2-22-11-5-6-14-13(8-11)15-16(21-14)17(20-10-19-15)18-9-12-4-3-7-23-12/h5-6,8,10,12,21H,2-4,7,9H2,1H3,(H,18,19,20)/t12-/m1/s1. The molecule has 1 fully saturated rings. The average Bonchev–Trinajstić information content (AvgIpc) is 3.20. The summed E-state index contributed by atoms with van der Waals surface area (Å²) in [6.45, 7) is 4.26. The summed E-state index contributed by atoms with van der Waals surface area (Å²) < 4.78 is 11.2. The van der Waals surface area contributed by atoms with E-state index < -0.39 is 0 Å². The van der Waals surface area contributed by atoms with Gasteiger partial charge in [0.15, 0.2) is 5.82 Å². The second-order valence-electron chi connectivity index (χ2n) is 5.73. The third-order valence-electron chi connectivity index (χ3n) is 4.19. The molecule has 0 unspecified atom stereocenters. The van der Waals surface area contributed by atoms with E-state index in [0.717, 1.165) is 59.5 Å². The predicted molar refractivity (Wildman–Crippen MR) is 90.0 cm³/mol. The zero-order valence-electron chi connectivity index (χ0n) is 13.1. The molecule has 0 spiro atoms. The van der Waals surface area contributed by atoms with Gasteiger partial charge in [-0.25, -0.2) is 9.97 Å². The van der Waals surface area contributed by atoms with Crippen LogP contribution < -0.4 is 10.1 Å². The van der Waals surface area contributed by atoms with Crippen molar-refractivity contribution in [3.63, 3.8) is 0 Å². The van der Waals surface area contributed by atoms with Crippen molar-refractivity contribution in [3.05, 3.63) is 24.5 Å². The molecule has 6 nitrogen and oxygen atoms in total. The molecule has 0 aliphatic carbocycles. The number of aromatic nitrogens is 3. The SMILES string of the molecule is CCOc1ccc2[nH]c3c(NC[C@H]4CCCO4)ncnc3c2c1. The van der Waals surface area contributed by atoms with Crippen molar-refractivity contribution in [2.24, 2.45) is 0 Å². The number of nitrogens with one attached hydrogen (secondary N) is 2. The number of rotatable bonds is 5. The number of hydrogen-bond donors (Lipinski definition) is 2. The van der Waals surface area contributed by atoms with E-state index in [1.165, 1.54) is 0 Å². The molecule has 1 aromatic carbocycles. The Kier molecular flexibility index (Phi) is 3.75. The van der Waals surface area contributed by atoms with Crippen molar-refractivity contribution in [1.82, 2.24) is 15.0 Å². The Labute approximate surface area is 134 Å². The van der Waals surface area contributed by atoms with Crippen molar-refractivity contribution < 1.29 is 9.47 Å². The van der Waals surface area contributed by atoms with E-state index in [1.807, 2.05) is 25.1 Å². The molecule has 3 aromatic rings. The largest absolute Gasteiger partial charge is 0.494 e.